The van der Waals surface area contributed by atoms with E-state index < -0.39 is 0 Å². The van der Waals surface area contributed by atoms with Gasteiger partial charge in [0.05, 0.1) is 17.9 Å². The molecule has 0 aliphatic heterocycles. The molecule has 148 valence electrons. The van der Waals surface area contributed by atoms with Crippen LogP contribution in [0.2, 0.25) is 0 Å². The van der Waals surface area contributed by atoms with Gasteiger partial charge in [-0.05, 0) is 31.1 Å². The molecular formula is C20H19N5O4. The van der Waals surface area contributed by atoms with Crippen molar-refractivity contribution in [2.45, 2.75) is 25.0 Å². The van der Waals surface area contributed by atoms with E-state index in [4.69, 9.17) is 4.74 Å². The molecule has 29 heavy (non-hydrogen) atoms. The summed E-state index contributed by atoms with van der Waals surface area (Å²) in [5.41, 5.74) is 1.75. The fraction of sp³-hybridized carbons (Fsp3) is 0.200. The Balaban J connectivity index is 1.53. The zero-order valence-corrected chi connectivity index (χ0v) is 15.4. The lowest BCUT2D eigenvalue weighted by atomic mass is 9.89. The first-order valence-corrected chi connectivity index (χ1v) is 9.06. The van der Waals surface area contributed by atoms with E-state index in [2.05, 4.69) is 32.2 Å². The molecule has 1 aliphatic carbocycles. The van der Waals surface area contributed by atoms with Gasteiger partial charge in [0.15, 0.2) is 5.65 Å². The molecule has 2 aromatic heterocycles. The molecule has 0 spiro atoms. The number of nitrogens with zero attached hydrogens (tertiary/aromatic N) is 2. The molecule has 2 amide bonds. The molecule has 4 rings (SSSR count). The maximum atomic E-state index is 12.5. The van der Waals surface area contributed by atoms with Crippen LogP contribution in [0.25, 0.3) is 11.2 Å². The van der Waals surface area contributed by atoms with Crippen molar-refractivity contribution in [2.75, 3.05) is 5.32 Å². The van der Waals surface area contributed by atoms with Crippen LogP contribution in [0, 0.1) is 0 Å². The van der Waals surface area contributed by atoms with Crippen molar-refractivity contribution < 1.29 is 19.4 Å². The highest BCUT2D eigenvalue weighted by molar-refractivity contribution is 6.04. The number of amides is 2. The molecule has 0 atom stereocenters. The van der Waals surface area contributed by atoms with E-state index in [-0.39, 0.29) is 29.8 Å². The van der Waals surface area contributed by atoms with E-state index in [1.165, 1.54) is 12.3 Å². The first-order valence-electron chi connectivity index (χ1n) is 9.06. The highest BCUT2D eigenvalue weighted by Crippen LogP contribution is 2.25. The lowest BCUT2D eigenvalue weighted by Crippen LogP contribution is -2.46. The van der Waals surface area contributed by atoms with Crippen LogP contribution < -0.4 is 15.4 Å². The number of aliphatic hydroxyl groups is 1. The molecule has 1 aromatic carbocycles. The summed E-state index contributed by atoms with van der Waals surface area (Å²) in [6.45, 7) is 3.41. The van der Waals surface area contributed by atoms with Crippen molar-refractivity contribution in [3.8, 4) is 11.6 Å². The molecule has 4 N–H and O–H groups in total. The van der Waals surface area contributed by atoms with Gasteiger partial charge in [-0.2, -0.15) is 0 Å². The summed E-state index contributed by atoms with van der Waals surface area (Å²) in [4.78, 5) is 35.5. The van der Waals surface area contributed by atoms with Gasteiger partial charge >= 0.3 is 0 Å². The lowest BCUT2D eigenvalue weighted by molar-refractivity contribution is -0.111. The molecule has 1 aliphatic rings. The third-order valence-electron chi connectivity index (χ3n) is 4.56. The molecule has 0 unspecified atom stereocenters. The van der Waals surface area contributed by atoms with Crippen LogP contribution in [0.5, 0.6) is 11.6 Å². The molecule has 1 fully saturated rings. The summed E-state index contributed by atoms with van der Waals surface area (Å²) < 4.78 is 5.74. The smallest absolute Gasteiger partial charge is 0.255 e. The van der Waals surface area contributed by atoms with Gasteiger partial charge < -0.3 is 25.5 Å². The number of nitrogens with one attached hydrogen (secondary N) is 3. The number of H-pyrrole nitrogens is 1. The average Bonchev–Trinajstić information content (AvgIpc) is 3.10. The number of carbonyl (C=O) groups is 2. The molecule has 9 heteroatoms. The number of hydrogen-bond donors (Lipinski definition) is 4. The van der Waals surface area contributed by atoms with Crippen molar-refractivity contribution in [1.82, 2.24) is 20.3 Å². The Morgan fingerprint density at radius 3 is 2.93 bits per heavy atom. The van der Waals surface area contributed by atoms with Gasteiger partial charge in [0.25, 0.3) is 5.91 Å². The second-order valence-corrected chi connectivity index (χ2v) is 6.73. The van der Waals surface area contributed by atoms with Gasteiger partial charge in [0.2, 0.25) is 11.8 Å². The van der Waals surface area contributed by atoms with Crippen LogP contribution in [0.15, 0.2) is 49.3 Å². The van der Waals surface area contributed by atoms with Crippen LogP contribution in [0.1, 0.15) is 23.2 Å². The standard InChI is InChI=1S/C20H19N5O4/c1-2-16(27)23-11-4-3-5-14(8-11)29-17-10-22-19-18(25-17)15(9-21-19)20(28)24-12-6-13(26)7-12/h2-5,8-10,12-13,26H,1,6-7H2,(H,21,22)(H,23,27)(H,24,28). The van der Waals surface area contributed by atoms with Crippen LogP contribution in [0.3, 0.4) is 0 Å². The molecule has 0 radical (unpaired) electrons. The number of benzene rings is 1. The minimum Gasteiger partial charge on any atom is -0.437 e. The summed E-state index contributed by atoms with van der Waals surface area (Å²) in [6.07, 6.45) is 4.91. The number of anilines is 1. The normalized spacial score (nSPS) is 18.0. The van der Waals surface area contributed by atoms with E-state index in [1.807, 2.05) is 0 Å². The number of aromatic nitrogens is 3. The van der Waals surface area contributed by atoms with Crippen molar-refractivity contribution in [1.29, 1.82) is 0 Å². The van der Waals surface area contributed by atoms with Gasteiger partial charge in [-0.25, -0.2) is 9.97 Å². The molecule has 0 bridgehead atoms. The summed E-state index contributed by atoms with van der Waals surface area (Å²) in [5, 5.41) is 14.9. The van der Waals surface area contributed by atoms with E-state index in [1.54, 1.807) is 30.5 Å². The molecular weight excluding hydrogens is 374 g/mol. The first-order chi connectivity index (χ1) is 14.0. The van der Waals surface area contributed by atoms with Crippen LogP contribution in [0.4, 0.5) is 5.69 Å². The van der Waals surface area contributed by atoms with Crippen molar-refractivity contribution in [3.63, 3.8) is 0 Å². The van der Waals surface area contributed by atoms with Crippen molar-refractivity contribution in [2.24, 2.45) is 0 Å². The molecule has 3 aromatic rings. The van der Waals surface area contributed by atoms with Crippen molar-refractivity contribution >= 4 is 28.7 Å². The maximum absolute atomic E-state index is 12.5. The minimum atomic E-state index is -0.352. The summed E-state index contributed by atoms with van der Waals surface area (Å²) in [5.74, 6) is 0.0435. The monoisotopic (exact) mass is 393 g/mol. The Bertz CT molecular complexity index is 1090. The average molecular weight is 393 g/mol. The molecule has 0 saturated heterocycles. The number of rotatable bonds is 6. The minimum absolute atomic E-state index is 0.0386. The van der Waals surface area contributed by atoms with Crippen LogP contribution in [-0.2, 0) is 4.79 Å². The van der Waals surface area contributed by atoms with Crippen LogP contribution >= 0.6 is 0 Å². The summed E-state index contributed by atoms with van der Waals surface area (Å²) >= 11 is 0. The number of aromatic amines is 1. The SMILES string of the molecule is C=CC(=O)Nc1cccc(Oc2cnc3[nH]cc(C(=O)NC4CC(O)C4)c3n2)c1. The number of ether oxygens (including phenoxy) is 1. The highest BCUT2D eigenvalue weighted by Gasteiger charge is 2.29. The second kappa shape index (κ2) is 7.72. The van der Waals surface area contributed by atoms with E-state index in [0.717, 1.165) is 0 Å². The third kappa shape index (κ3) is 4.09. The van der Waals surface area contributed by atoms with Gasteiger partial charge in [-0.3, -0.25) is 9.59 Å². The Kier molecular flexibility index (Phi) is 4.96. The Morgan fingerprint density at radius 1 is 1.34 bits per heavy atom. The van der Waals surface area contributed by atoms with Gasteiger partial charge in [-0.15, -0.1) is 0 Å². The zero-order valence-electron chi connectivity index (χ0n) is 15.4. The summed E-state index contributed by atoms with van der Waals surface area (Å²) in [7, 11) is 0. The topological polar surface area (TPSA) is 129 Å². The van der Waals surface area contributed by atoms with E-state index in [9.17, 15) is 14.7 Å². The number of carbonyl (C=O) groups excluding carboxylic acids is 2. The Labute approximate surface area is 165 Å². The highest BCUT2D eigenvalue weighted by atomic mass is 16.5. The van der Waals surface area contributed by atoms with Gasteiger partial charge in [0, 0.05) is 24.0 Å². The van der Waals surface area contributed by atoms with E-state index in [0.29, 0.717) is 41.0 Å². The molecule has 2 heterocycles. The van der Waals surface area contributed by atoms with Crippen LogP contribution in [-0.4, -0.2) is 44.0 Å². The predicted molar refractivity (Wildman–Crippen MR) is 106 cm³/mol. The fourth-order valence-corrected chi connectivity index (χ4v) is 3.02. The molecule has 9 nitrogen and oxygen atoms in total. The largest absolute Gasteiger partial charge is 0.437 e. The first kappa shape index (κ1) is 18.6. The Hall–Kier alpha value is -3.72. The second-order valence-electron chi connectivity index (χ2n) is 6.73. The quantitative estimate of drug-likeness (QED) is 0.475. The molecule has 1 saturated carbocycles. The summed E-state index contributed by atoms with van der Waals surface area (Å²) in [6, 6.07) is 6.75. The predicted octanol–water partition coefficient (Wildman–Crippen LogP) is 2.13. The lowest BCUT2D eigenvalue weighted by Gasteiger charge is -2.31. The number of fused-ring (bicyclic) bond motifs is 1. The van der Waals surface area contributed by atoms with Gasteiger partial charge in [-0.1, -0.05) is 12.6 Å². The number of hydrogen-bond acceptors (Lipinski definition) is 6. The Morgan fingerprint density at radius 2 is 2.17 bits per heavy atom. The van der Waals surface area contributed by atoms with Crippen molar-refractivity contribution in [3.05, 3.63) is 54.9 Å². The fourth-order valence-electron chi connectivity index (χ4n) is 3.02. The third-order valence-corrected chi connectivity index (χ3v) is 4.56. The van der Waals surface area contributed by atoms with Gasteiger partial charge in [0.1, 0.15) is 11.3 Å². The zero-order chi connectivity index (χ0) is 20.4. The maximum Gasteiger partial charge on any atom is 0.255 e. The number of aliphatic hydroxyl groups excluding tert-OH is 1. The van der Waals surface area contributed by atoms with E-state index >= 15 is 0 Å².